The Bertz CT molecular complexity index is 992. The average Bonchev–Trinajstić information content (AvgIpc) is 3.02. The first-order chi connectivity index (χ1) is 11.8. The van der Waals surface area contributed by atoms with E-state index in [0.717, 1.165) is 27.9 Å². The van der Waals surface area contributed by atoms with Crippen LogP contribution < -0.4 is 4.72 Å². The Labute approximate surface area is 147 Å². The van der Waals surface area contributed by atoms with Crippen LogP contribution in [0.4, 0.5) is 0 Å². The van der Waals surface area contributed by atoms with Crippen LogP contribution in [0.15, 0.2) is 53.8 Å². The number of pyridine rings is 1. The van der Waals surface area contributed by atoms with E-state index in [1.54, 1.807) is 30.1 Å². The van der Waals surface area contributed by atoms with Gasteiger partial charge in [0.25, 0.3) is 0 Å². The van der Waals surface area contributed by atoms with Gasteiger partial charge in [0, 0.05) is 31.5 Å². The van der Waals surface area contributed by atoms with Crippen molar-refractivity contribution in [3.8, 4) is 11.3 Å². The van der Waals surface area contributed by atoms with Crippen LogP contribution in [0.1, 0.15) is 16.7 Å². The van der Waals surface area contributed by atoms with Gasteiger partial charge in [-0.05, 0) is 42.7 Å². The van der Waals surface area contributed by atoms with Gasteiger partial charge < -0.3 is 0 Å². The van der Waals surface area contributed by atoms with Crippen LogP contribution in [0.25, 0.3) is 11.3 Å². The van der Waals surface area contributed by atoms with Crippen LogP contribution >= 0.6 is 0 Å². The standard InChI is InChI=1S/C18H20N4O2S/c1-13-4-5-14(2)18(8-13)25(23,24)21-10-15-6-7-17(19-9-15)16-11-20-22(3)12-16/h4-9,11-12,21H,10H2,1-3H3. The fourth-order valence-electron chi connectivity index (χ4n) is 2.51. The minimum Gasteiger partial charge on any atom is -0.275 e. The highest BCUT2D eigenvalue weighted by atomic mass is 32.2. The summed E-state index contributed by atoms with van der Waals surface area (Å²) in [6.45, 7) is 3.85. The Morgan fingerprint density at radius 3 is 2.56 bits per heavy atom. The van der Waals surface area contributed by atoms with E-state index in [9.17, 15) is 8.42 Å². The highest BCUT2D eigenvalue weighted by molar-refractivity contribution is 7.89. The van der Waals surface area contributed by atoms with Gasteiger partial charge in [-0.1, -0.05) is 18.2 Å². The molecule has 0 unspecified atom stereocenters. The summed E-state index contributed by atoms with van der Waals surface area (Å²) in [7, 11) is -1.71. The predicted molar refractivity (Wildman–Crippen MR) is 96.4 cm³/mol. The van der Waals surface area contributed by atoms with E-state index < -0.39 is 10.0 Å². The van der Waals surface area contributed by atoms with E-state index in [1.165, 1.54) is 0 Å². The van der Waals surface area contributed by atoms with Crippen molar-refractivity contribution in [2.24, 2.45) is 7.05 Å². The van der Waals surface area contributed by atoms with E-state index in [-0.39, 0.29) is 6.54 Å². The molecule has 130 valence electrons. The molecule has 0 fully saturated rings. The smallest absolute Gasteiger partial charge is 0.241 e. The van der Waals surface area contributed by atoms with Crippen molar-refractivity contribution in [3.63, 3.8) is 0 Å². The molecule has 7 heteroatoms. The third kappa shape index (κ3) is 3.94. The Morgan fingerprint density at radius 1 is 1.12 bits per heavy atom. The lowest BCUT2D eigenvalue weighted by Crippen LogP contribution is -2.24. The zero-order chi connectivity index (χ0) is 18.0. The summed E-state index contributed by atoms with van der Waals surface area (Å²) >= 11 is 0. The van der Waals surface area contributed by atoms with Crippen LogP contribution in [-0.4, -0.2) is 23.2 Å². The van der Waals surface area contributed by atoms with E-state index >= 15 is 0 Å². The minimum absolute atomic E-state index is 0.191. The molecule has 0 bridgehead atoms. The number of benzene rings is 1. The molecule has 3 rings (SSSR count). The third-order valence-corrected chi connectivity index (χ3v) is 5.47. The normalized spacial score (nSPS) is 11.6. The number of nitrogens with one attached hydrogen (secondary N) is 1. The van der Waals surface area contributed by atoms with E-state index in [2.05, 4.69) is 14.8 Å². The number of rotatable bonds is 5. The van der Waals surface area contributed by atoms with Crippen molar-refractivity contribution in [1.82, 2.24) is 19.5 Å². The van der Waals surface area contributed by atoms with Gasteiger partial charge in [0.1, 0.15) is 0 Å². The van der Waals surface area contributed by atoms with Gasteiger partial charge in [0.05, 0.1) is 16.8 Å². The molecule has 0 amide bonds. The van der Waals surface area contributed by atoms with E-state index in [1.807, 2.05) is 44.4 Å². The summed E-state index contributed by atoms with van der Waals surface area (Å²) in [4.78, 5) is 4.69. The van der Waals surface area contributed by atoms with Gasteiger partial charge in [-0.2, -0.15) is 5.10 Å². The molecule has 0 atom stereocenters. The van der Waals surface area contributed by atoms with Crippen LogP contribution in [0.3, 0.4) is 0 Å². The van der Waals surface area contributed by atoms with Gasteiger partial charge in [-0.25, -0.2) is 13.1 Å². The number of aryl methyl sites for hydroxylation is 3. The molecule has 1 N–H and O–H groups in total. The highest BCUT2D eigenvalue weighted by Gasteiger charge is 2.16. The fourth-order valence-corrected chi connectivity index (χ4v) is 3.85. The summed E-state index contributed by atoms with van der Waals surface area (Å²) in [5.41, 5.74) is 4.15. The zero-order valence-corrected chi connectivity index (χ0v) is 15.2. The largest absolute Gasteiger partial charge is 0.275 e. The summed E-state index contributed by atoms with van der Waals surface area (Å²) in [5.74, 6) is 0. The van der Waals surface area contributed by atoms with Gasteiger partial charge in [-0.3, -0.25) is 9.67 Å². The maximum Gasteiger partial charge on any atom is 0.241 e. The molecule has 0 saturated carbocycles. The second kappa shape index (κ2) is 6.78. The first kappa shape index (κ1) is 17.3. The molecule has 0 aliphatic carbocycles. The van der Waals surface area contributed by atoms with Gasteiger partial charge in [0.2, 0.25) is 10.0 Å². The number of sulfonamides is 1. The monoisotopic (exact) mass is 356 g/mol. The second-order valence-corrected chi connectivity index (χ2v) is 7.78. The molecule has 0 radical (unpaired) electrons. The molecule has 6 nitrogen and oxygen atoms in total. The number of hydrogen-bond donors (Lipinski definition) is 1. The number of nitrogens with zero attached hydrogens (tertiary/aromatic N) is 3. The van der Waals surface area contributed by atoms with E-state index in [0.29, 0.717) is 4.90 Å². The Balaban J connectivity index is 1.73. The predicted octanol–water partition coefficient (Wildman–Crippen LogP) is 2.58. The molecule has 2 aromatic heterocycles. The lowest BCUT2D eigenvalue weighted by Gasteiger charge is -2.10. The third-order valence-electron chi connectivity index (χ3n) is 3.92. The van der Waals surface area contributed by atoms with Gasteiger partial charge >= 0.3 is 0 Å². The average molecular weight is 356 g/mol. The molecule has 0 saturated heterocycles. The SMILES string of the molecule is Cc1ccc(C)c(S(=O)(=O)NCc2ccc(-c3cnn(C)c3)nc2)c1. The first-order valence-corrected chi connectivity index (χ1v) is 9.34. The van der Waals surface area contributed by atoms with Crippen molar-refractivity contribution < 1.29 is 8.42 Å². The van der Waals surface area contributed by atoms with Crippen molar-refractivity contribution in [2.45, 2.75) is 25.3 Å². The molecule has 0 aliphatic rings. The molecule has 0 spiro atoms. The molecule has 1 aromatic carbocycles. The van der Waals surface area contributed by atoms with Crippen molar-refractivity contribution >= 4 is 10.0 Å². The first-order valence-electron chi connectivity index (χ1n) is 7.86. The highest BCUT2D eigenvalue weighted by Crippen LogP contribution is 2.18. The lowest BCUT2D eigenvalue weighted by atomic mass is 10.2. The number of aromatic nitrogens is 3. The molecule has 3 aromatic rings. The Hall–Kier alpha value is -2.51. The van der Waals surface area contributed by atoms with Crippen molar-refractivity contribution in [2.75, 3.05) is 0 Å². The maximum atomic E-state index is 12.5. The molecule has 2 heterocycles. The van der Waals surface area contributed by atoms with Crippen molar-refractivity contribution in [1.29, 1.82) is 0 Å². The summed E-state index contributed by atoms with van der Waals surface area (Å²) in [6.07, 6.45) is 5.30. The van der Waals surface area contributed by atoms with Crippen LogP contribution in [0, 0.1) is 13.8 Å². The second-order valence-electron chi connectivity index (χ2n) is 6.05. The van der Waals surface area contributed by atoms with E-state index in [4.69, 9.17) is 0 Å². The van der Waals surface area contributed by atoms with Gasteiger partial charge in [0.15, 0.2) is 0 Å². The Kier molecular flexibility index (Phi) is 4.69. The van der Waals surface area contributed by atoms with Crippen LogP contribution in [0.5, 0.6) is 0 Å². The van der Waals surface area contributed by atoms with Crippen LogP contribution in [-0.2, 0) is 23.6 Å². The molecule has 0 aliphatic heterocycles. The fraction of sp³-hybridized carbons (Fsp3) is 0.222. The summed E-state index contributed by atoms with van der Waals surface area (Å²) in [5, 5.41) is 4.12. The van der Waals surface area contributed by atoms with Crippen LogP contribution in [0.2, 0.25) is 0 Å². The molecular weight excluding hydrogens is 336 g/mol. The van der Waals surface area contributed by atoms with Crippen molar-refractivity contribution in [3.05, 3.63) is 65.6 Å². The lowest BCUT2D eigenvalue weighted by molar-refractivity contribution is 0.580. The quantitative estimate of drug-likeness (QED) is 0.762. The Morgan fingerprint density at radius 2 is 1.92 bits per heavy atom. The zero-order valence-electron chi connectivity index (χ0n) is 14.4. The van der Waals surface area contributed by atoms with Gasteiger partial charge in [-0.15, -0.1) is 0 Å². The minimum atomic E-state index is -3.56. The number of hydrogen-bond acceptors (Lipinski definition) is 4. The topological polar surface area (TPSA) is 76.9 Å². The maximum absolute atomic E-state index is 12.5. The summed E-state index contributed by atoms with van der Waals surface area (Å²) in [6, 6.07) is 9.12. The molecule has 25 heavy (non-hydrogen) atoms. The summed E-state index contributed by atoms with van der Waals surface area (Å²) < 4.78 is 29.4. The molecular formula is C18H20N4O2S.